The number of phenols is 1. The maximum atomic E-state index is 12.1. The standard InChI is InChI=1S/C18H18N2O3/c21-16-8-6-13(7-9-16)11-17(22)19-14-3-1-4-15(12-14)20-10-2-5-18(20)23/h1,3-4,6-9,12,21H,2,5,10-11H2,(H,19,22). The number of anilines is 2. The molecule has 2 N–H and O–H groups in total. The van der Waals surface area contributed by atoms with Crippen LogP contribution in [0, 0.1) is 0 Å². The third-order valence-corrected chi connectivity index (χ3v) is 3.82. The highest BCUT2D eigenvalue weighted by Crippen LogP contribution is 2.24. The minimum absolute atomic E-state index is 0.123. The molecule has 0 radical (unpaired) electrons. The van der Waals surface area contributed by atoms with Gasteiger partial charge in [-0.3, -0.25) is 9.59 Å². The number of carbonyl (C=O) groups is 2. The summed E-state index contributed by atoms with van der Waals surface area (Å²) in [5.41, 5.74) is 2.31. The predicted octanol–water partition coefficient (Wildman–Crippen LogP) is 2.70. The van der Waals surface area contributed by atoms with Gasteiger partial charge in [0.15, 0.2) is 0 Å². The lowest BCUT2D eigenvalue weighted by Crippen LogP contribution is -2.23. The Balaban J connectivity index is 1.66. The zero-order valence-electron chi connectivity index (χ0n) is 12.7. The molecule has 1 fully saturated rings. The number of benzene rings is 2. The Morgan fingerprint density at radius 1 is 1.17 bits per heavy atom. The van der Waals surface area contributed by atoms with E-state index in [1.165, 1.54) is 0 Å². The highest BCUT2D eigenvalue weighted by Gasteiger charge is 2.21. The van der Waals surface area contributed by atoms with Gasteiger partial charge in [-0.1, -0.05) is 18.2 Å². The van der Waals surface area contributed by atoms with Crippen LogP contribution >= 0.6 is 0 Å². The Kier molecular flexibility index (Phi) is 4.28. The molecule has 1 aliphatic rings. The van der Waals surface area contributed by atoms with Crippen molar-refractivity contribution in [3.8, 4) is 5.75 Å². The number of hydrogen-bond acceptors (Lipinski definition) is 3. The number of nitrogens with zero attached hydrogens (tertiary/aromatic N) is 1. The number of rotatable bonds is 4. The molecule has 3 rings (SSSR count). The first-order chi connectivity index (χ1) is 11.1. The van der Waals surface area contributed by atoms with Crippen LogP contribution in [0.5, 0.6) is 5.75 Å². The van der Waals surface area contributed by atoms with Crippen LogP contribution in [0.25, 0.3) is 0 Å². The van der Waals surface area contributed by atoms with Crippen molar-refractivity contribution in [2.45, 2.75) is 19.3 Å². The van der Waals surface area contributed by atoms with Crippen molar-refractivity contribution in [1.29, 1.82) is 0 Å². The van der Waals surface area contributed by atoms with Crippen molar-refractivity contribution < 1.29 is 14.7 Å². The van der Waals surface area contributed by atoms with E-state index in [0.717, 1.165) is 24.2 Å². The van der Waals surface area contributed by atoms with Crippen LogP contribution in [0.4, 0.5) is 11.4 Å². The van der Waals surface area contributed by atoms with Gasteiger partial charge in [0, 0.05) is 24.3 Å². The number of phenolic OH excluding ortho intramolecular Hbond substituents is 1. The molecule has 0 unspecified atom stereocenters. The maximum Gasteiger partial charge on any atom is 0.228 e. The summed E-state index contributed by atoms with van der Waals surface area (Å²) in [5.74, 6) is 0.162. The van der Waals surface area contributed by atoms with Gasteiger partial charge in [-0.15, -0.1) is 0 Å². The minimum Gasteiger partial charge on any atom is -0.508 e. The van der Waals surface area contributed by atoms with Crippen LogP contribution in [-0.4, -0.2) is 23.5 Å². The van der Waals surface area contributed by atoms with Crippen LogP contribution in [0.2, 0.25) is 0 Å². The van der Waals surface area contributed by atoms with Crippen molar-refractivity contribution in [3.05, 3.63) is 54.1 Å². The highest BCUT2D eigenvalue weighted by atomic mass is 16.3. The van der Waals surface area contributed by atoms with Gasteiger partial charge < -0.3 is 15.3 Å². The second-order valence-corrected chi connectivity index (χ2v) is 5.59. The van der Waals surface area contributed by atoms with E-state index in [2.05, 4.69) is 5.32 Å². The van der Waals surface area contributed by atoms with Gasteiger partial charge in [-0.2, -0.15) is 0 Å². The van der Waals surface area contributed by atoms with Gasteiger partial charge >= 0.3 is 0 Å². The smallest absolute Gasteiger partial charge is 0.228 e. The summed E-state index contributed by atoms with van der Waals surface area (Å²) in [6.07, 6.45) is 1.68. The second-order valence-electron chi connectivity index (χ2n) is 5.59. The quantitative estimate of drug-likeness (QED) is 0.912. The lowest BCUT2D eigenvalue weighted by atomic mass is 10.1. The average molecular weight is 310 g/mol. The second kappa shape index (κ2) is 6.52. The normalized spacial score (nSPS) is 14.1. The summed E-state index contributed by atoms with van der Waals surface area (Å²) in [7, 11) is 0. The van der Waals surface area contributed by atoms with Gasteiger partial charge in [0.1, 0.15) is 5.75 Å². The van der Waals surface area contributed by atoms with Crippen molar-refractivity contribution in [1.82, 2.24) is 0 Å². The largest absolute Gasteiger partial charge is 0.508 e. The molecule has 118 valence electrons. The molecule has 2 aromatic carbocycles. The molecule has 1 saturated heterocycles. The molecule has 0 atom stereocenters. The number of nitrogens with one attached hydrogen (secondary N) is 1. The molecule has 1 aliphatic heterocycles. The summed E-state index contributed by atoms with van der Waals surface area (Å²) >= 11 is 0. The van der Waals surface area contributed by atoms with Crippen LogP contribution in [0.15, 0.2) is 48.5 Å². The van der Waals surface area contributed by atoms with E-state index in [9.17, 15) is 14.7 Å². The fourth-order valence-corrected chi connectivity index (χ4v) is 2.68. The van der Waals surface area contributed by atoms with E-state index >= 15 is 0 Å². The first-order valence-electron chi connectivity index (χ1n) is 7.60. The zero-order chi connectivity index (χ0) is 16.2. The Morgan fingerprint density at radius 3 is 2.65 bits per heavy atom. The van der Waals surface area contributed by atoms with Crippen molar-refractivity contribution >= 4 is 23.2 Å². The molecule has 5 heteroatoms. The molecule has 0 saturated carbocycles. The summed E-state index contributed by atoms with van der Waals surface area (Å²) in [5, 5.41) is 12.1. The van der Waals surface area contributed by atoms with Gasteiger partial charge in [-0.05, 0) is 42.3 Å². The zero-order valence-corrected chi connectivity index (χ0v) is 12.7. The third kappa shape index (κ3) is 3.69. The number of amides is 2. The number of aromatic hydroxyl groups is 1. The van der Waals surface area contributed by atoms with Gasteiger partial charge in [0.05, 0.1) is 6.42 Å². The monoisotopic (exact) mass is 310 g/mol. The molecule has 0 bridgehead atoms. The minimum atomic E-state index is -0.138. The molecule has 23 heavy (non-hydrogen) atoms. The van der Waals surface area contributed by atoms with E-state index in [-0.39, 0.29) is 24.0 Å². The lowest BCUT2D eigenvalue weighted by Gasteiger charge is -2.16. The number of hydrogen-bond donors (Lipinski definition) is 2. The van der Waals surface area contributed by atoms with E-state index in [1.54, 1.807) is 35.2 Å². The van der Waals surface area contributed by atoms with E-state index in [1.807, 2.05) is 18.2 Å². The molecular weight excluding hydrogens is 292 g/mol. The van der Waals surface area contributed by atoms with Crippen LogP contribution in [0.3, 0.4) is 0 Å². The van der Waals surface area contributed by atoms with Crippen molar-refractivity contribution in [3.63, 3.8) is 0 Å². The SMILES string of the molecule is O=C(Cc1ccc(O)cc1)Nc1cccc(N2CCCC2=O)c1. The lowest BCUT2D eigenvalue weighted by molar-refractivity contribution is -0.117. The fraction of sp³-hybridized carbons (Fsp3) is 0.222. The molecule has 0 aromatic heterocycles. The Bertz CT molecular complexity index is 725. The molecule has 5 nitrogen and oxygen atoms in total. The molecule has 0 aliphatic carbocycles. The van der Waals surface area contributed by atoms with Gasteiger partial charge in [-0.25, -0.2) is 0 Å². The highest BCUT2D eigenvalue weighted by molar-refractivity contribution is 5.97. The predicted molar refractivity (Wildman–Crippen MR) is 88.5 cm³/mol. The summed E-state index contributed by atoms with van der Waals surface area (Å²) < 4.78 is 0. The van der Waals surface area contributed by atoms with Crippen LogP contribution in [-0.2, 0) is 16.0 Å². The Labute approximate surface area is 134 Å². The van der Waals surface area contributed by atoms with E-state index < -0.39 is 0 Å². The summed E-state index contributed by atoms with van der Waals surface area (Å²) in [6, 6.07) is 13.9. The van der Waals surface area contributed by atoms with Crippen LogP contribution < -0.4 is 10.2 Å². The Morgan fingerprint density at radius 2 is 1.96 bits per heavy atom. The molecular formula is C18H18N2O3. The Hall–Kier alpha value is -2.82. The van der Waals surface area contributed by atoms with Crippen molar-refractivity contribution in [2.75, 3.05) is 16.8 Å². The topological polar surface area (TPSA) is 69.6 Å². The van der Waals surface area contributed by atoms with E-state index in [4.69, 9.17) is 0 Å². The summed E-state index contributed by atoms with van der Waals surface area (Å²) in [4.78, 5) is 25.7. The average Bonchev–Trinajstić information content (AvgIpc) is 2.96. The molecule has 0 spiro atoms. The fourth-order valence-electron chi connectivity index (χ4n) is 2.68. The van der Waals surface area contributed by atoms with Crippen LogP contribution in [0.1, 0.15) is 18.4 Å². The summed E-state index contributed by atoms with van der Waals surface area (Å²) in [6.45, 7) is 0.726. The first-order valence-corrected chi connectivity index (χ1v) is 7.60. The molecule has 2 aromatic rings. The van der Waals surface area contributed by atoms with E-state index in [0.29, 0.717) is 12.1 Å². The van der Waals surface area contributed by atoms with Crippen molar-refractivity contribution in [2.24, 2.45) is 0 Å². The van der Waals surface area contributed by atoms with Gasteiger partial charge in [0.25, 0.3) is 0 Å². The number of carbonyl (C=O) groups excluding carboxylic acids is 2. The molecule has 2 amide bonds. The molecule has 1 heterocycles. The maximum absolute atomic E-state index is 12.1. The van der Waals surface area contributed by atoms with Gasteiger partial charge in [0.2, 0.25) is 11.8 Å². The first kappa shape index (κ1) is 15.1. The third-order valence-electron chi connectivity index (χ3n) is 3.82.